The second kappa shape index (κ2) is 12.0. The normalized spacial score (nSPS) is 10.9. The number of carbonyl (C=O) groups excluding carboxylic acids is 2. The van der Waals surface area contributed by atoms with E-state index < -0.39 is 5.97 Å². The van der Waals surface area contributed by atoms with E-state index in [1.165, 1.54) is 25.1 Å². The minimum absolute atomic E-state index is 0.0885. The minimum Gasteiger partial charge on any atom is -0.497 e. The van der Waals surface area contributed by atoms with Crippen molar-refractivity contribution in [2.45, 2.75) is 12.1 Å². The highest BCUT2D eigenvalue weighted by atomic mass is 32.2. The zero-order chi connectivity index (χ0) is 26.2. The molecule has 0 atom stereocenters. The fourth-order valence-corrected chi connectivity index (χ4v) is 4.13. The molecule has 1 heterocycles. The Morgan fingerprint density at radius 2 is 1.68 bits per heavy atom. The van der Waals surface area contributed by atoms with Gasteiger partial charge in [-0.15, -0.1) is 10.2 Å². The molecule has 1 N–H and O–H groups in total. The molecular weight excluding hydrogens is 490 g/mol. The Hall–Kier alpha value is -4.44. The Kier molecular flexibility index (Phi) is 8.32. The molecule has 188 valence electrons. The Labute approximate surface area is 218 Å². The van der Waals surface area contributed by atoms with Crippen LogP contribution < -0.4 is 10.2 Å². The fourth-order valence-electron chi connectivity index (χ4n) is 3.38. The lowest BCUT2D eigenvalue weighted by Crippen LogP contribution is -2.20. The molecule has 9 nitrogen and oxygen atoms in total. The van der Waals surface area contributed by atoms with E-state index in [0.717, 1.165) is 28.1 Å². The van der Waals surface area contributed by atoms with E-state index in [0.29, 0.717) is 16.5 Å². The van der Waals surface area contributed by atoms with Crippen LogP contribution in [0.5, 0.6) is 5.75 Å². The molecule has 3 aromatic carbocycles. The summed E-state index contributed by atoms with van der Waals surface area (Å²) in [6.45, 7) is 2.02. The first-order valence-electron chi connectivity index (χ1n) is 11.3. The van der Waals surface area contributed by atoms with Crippen molar-refractivity contribution in [2.24, 2.45) is 5.10 Å². The summed E-state index contributed by atoms with van der Waals surface area (Å²) < 4.78 is 11.9. The number of nitrogens with one attached hydrogen (secondary N) is 1. The topological polar surface area (TPSA) is 108 Å². The summed E-state index contributed by atoms with van der Waals surface area (Å²) in [5.74, 6) is 0.782. The molecule has 4 rings (SSSR count). The first-order valence-corrected chi connectivity index (χ1v) is 12.3. The number of esters is 1. The van der Waals surface area contributed by atoms with Crippen molar-refractivity contribution in [2.75, 3.05) is 20.0 Å². The van der Waals surface area contributed by atoms with Gasteiger partial charge < -0.3 is 9.47 Å². The zero-order valence-corrected chi connectivity index (χ0v) is 21.4. The maximum Gasteiger partial charge on any atom is 0.337 e. The molecule has 0 aliphatic heterocycles. The smallest absolute Gasteiger partial charge is 0.337 e. The molecule has 0 fully saturated rings. The number of carbonyl (C=O) groups is 2. The van der Waals surface area contributed by atoms with E-state index >= 15 is 0 Å². The molecule has 0 aliphatic carbocycles. The lowest BCUT2D eigenvalue weighted by molar-refractivity contribution is -0.118. The molecule has 37 heavy (non-hydrogen) atoms. The van der Waals surface area contributed by atoms with Gasteiger partial charge in [-0.3, -0.25) is 9.36 Å². The lowest BCUT2D eigenvalue weighted by Gasteiger charge is -2.11. The van der Waals surface area contributed by atoms with Gasteiger partial charge in [-0.2, -0.15) is 5.10 Å². The third-order valence-electron chi connectivity index (χ3n) is 5.34. The second-order valence-corrected chi connectivity index (χ2v) is 8.84. The molecular formula is C27H25N5O4S. The van der Waals surface area contributed by atoms with Crippen molar-refractivity contribution >= 4 is 29.9 Å². The van der Waals surface area contributed by atoms with Crippen LogP contribution in [-0.4, -0.2) is 52.8 Å². The van der Waals surface area contributed by atoms with Crippen molar-refractivity contribution in [1.82, 2.24) is 20.2 Å². The summed E-state index contributed by atoms with van der Waals surface area (Å²) in [6.07, 6.45) is 1.50. The molecule has 1 aromatic heterocycles. The number of hydrazone groups is 1. The summed E-state index contributed by atoms with van der Waals surface area (Å²) in [4.78, 5) is 24.0. The third-order valence-corrected chi connectivity index (χ3v) is 6.27. The summed E-state index contributed by atoms with van der Waals surface area (Å²) >= 11 is 1.26. The van der Waals surface area contributed by atoms with Gasteiger partial charge >= 0.3 is 5.97 Å². The number of nitrogens with zero attached hydrogens (tertiary/aromatic N) is 4. The monoisotopic (exact) mass is 515 g/mol. The maximum atomic E-state index is 12.5. The van der Waals surface area contributed by atoms with Gasteiger partial charge in [0.2, 0.25) is 0 Å². The van der Waals surface area contributed by atoms with Gasteiger partial charge in [0.05, 0.1) is 31.8 Å². The van der Waals surface area contributed by atoms with E-state index in [1.807, 2.05) is 60.0 Å². The number of methoxy groups -OCH3 is 2. The Morgan fingerprint density at radius 1 is 0.973 bits per heavy atom. The summed E-state index contributed by atoms with van der Waals surface area (Å²) in [6, 6.07) is 22.3. The SMILES string of the molecule is COC(=O)c1ccc(/C=N\NC(=O)CSc2nnc(-c3ccc(OC)cc3)n2-c2ccc(C)cc2)cc1. The van der Waals surface area contributed by atoms with Crippen molar-refractivity contribution in [3.05, 3.63) is 89.5 Å². The summed E-state index contributed by atoms with van der Waals surface area (Å²) in [5.41, 5.74) is 6.57. The summed E-state index contributed by atoms with van der Waals surface area (Å²) in [5, 5.41) is 13.3. The molecule has 0 saturated carbocycles. The van der Waals surface area contributed by atoms with Crippen molar-refractivity contribution in [3.8, 4) is 22.8 Å². The van der Waals surface area contributed by atoms with Crippen LogP contribution in [0.15, 0.2) is 83.1 Å². The predicted molar refractivity (Wildman–Crippen MR) is 142 cm³/mol. The van der Waals surface area contributed by atoms with Gasteiger partial charge in [-0.1, -0.05) is 41.6 Å². The number of rotatable bonds is 9. The number of benzene rings is 3. The number of thioether (sulfide) groups is 1. The molecule has 0 radical (unpaired) electrons. The average Bonchev–Trinajstić information content (AvgIpc) is 3.36. The van der Waals surface area contributed by atoms with Gasteiger partial charge in [-0.05, 0) is 61.0 Å². The predicted octanol–water partition coefficient (Wildman–Crippen LogP) is 4.28. The summed E-state index contributed by atoms with van der Waals surface area (Å²) in [7, 11) is 2.95. The Balaban J connectivity index is 1.46. The molecule has 10 heteroatoms. The average molecular weight is 516 g/mol. The van der Waals surface area contributed by atoms with Crippen molar-refractivity contribution < 1.29 is 19.1 Å². The molecule has 1 amide bonds. The number of hydrogen-bond donors (Lipinski definition) is 1. The van der Waals surface area contributed by atoms with Gasteiger partial charge in [0.15, 0.2) is 11.0 Å². The van der Waals surface area contributed by atoms with E-state index in [9.17, 15) is 9.59 Å². The van der Waals surface area contributed by atoms with Crippen LogP contribution in [0, 0.1) is 6.92 Å². The maximum absolute atomic E-state index is 12.5. The van der Waals surface area contributed by atoms with Gasteiger partial charge in [0, 0.05) is 11.3 Å². The van der Waals surface area contributed by atoms with Crippen LogP contribution in [0.3, 0.4) is 0 Å². The Bertz CT molecular complexity index is 1400. The molecule has 4 aromatic rings. The van der Waals surface area contributed by atoms with Crippen LogP contribution >= 0.6 is 11.8 Å². The Morgan fingerprint density at radius 3 is 2.32 bits per heavy atom. The van der Waals surface area contributed by atoms with E-state index in [-0.39, 0.29) is 11.7 Å². The molecule has 0 unspecified atom stereocenters. The van der Waals surface area contributed by atoms with E-state index in [4.69, 9.17) is 4.74 Å². The van der Waals surface area contributed by atoms with E-state index in [1.54, 1.807) is 31.4 Å². The largest absolute Gasteiger partial charge is 0.497 e. The quantitative estimate of drug-likeness (QED) is 0.153. The highest BCUT2D eigenvalue weighted by molar-refractivity contribution is 7.99. The zero-order valence-electron chi connectivity index (χ0n) is 20.5. The van der Waals surface area contributed by atoms with E-state index in [2.05, 4.69) is 25.5 Å². The minimum atomic E-state index is -0.414. The van der Waals surface area contributed by atoms with Crippen LogP contribution in [0.1, 0.15) is 21.5 Å². The number of amides is 1. The standard InChI is InChI=1S/C27H25N5O4S/c1-18-4-12-22(13-5-18)32-25(20-10-14-23(35-2)15-11-20)30-31-27(32)37-17-24(33)29-28-16-19-6-8-21(9-7-19)26(34)36-3/h4-16H,17H2,1-3H3,(H,29,33)/b28-16-. The van der Waals surface area contributed by atoms with Gasteiger partial charge in [-0.25, -0.2) is 10.2 Å². The second-order valence-electron chi connectivity index (χ2n) is 7.90. The number of aryl methyl sites for hydroxylation is 1. The van der Waals surface area contributed by atoms with Gasteiger partial charge in [0.25, 0.3) is 5.91 Å². The van der Waals surface area contributed by atoms with Gasteiger partial charge in [0.1, 0.15) is 5.75 Å². The lowest BCUT2D eigenvalue weighted by atomic mass is 10.1. The third kappa shape index (κ3) is 6.42. The van der Waals surface area contributed by atoms with Crippen LogP contribution in [0.4, 0.5) is 0 Å². The highest BCUT2D eigenvalue weighted by Crippen LogP contribution is 2.29. The van der Waals surface area contributed by atoms with Crippen LogP contribution in [-0.2, 0) is 9.53 Å². The molecule has 0 bridgehead atoms. The first-order chi connectivity index (χ1) is 18.0. The molecule has 0 saturated heterocycles. The fraction of sp³-hybridized carbons (Fsp3) is 0.148. The number of hydrogen-bond acceptors (Lipinski definition) is 8. The molecule has 0 spiro atoms. The van der Waals surface area contributed by atoms with Crippen LogP contribution in [0.25, 0.3) is 17.1 Å². The number of ether oxygens (including phenoxy) is 2. The first kappa shape index (κ1) is 25.6. The highest BCUT2D eigenvalue weighted by Gasteiger charge is 2.17. The van der Waals surface area contributed by atoms with Crippen molar-refractivity contribution in [3.63, 3.8) is 0 Å². The molecule has 0 aliphatic rings. The van der Waals surface area contributed by atoms with Crippen LogP contribution in [0.2, 0.25) is 0 Å². The van der Waals surface area contributed by atoms with Crippen molar-refractivity contribution in [1.29, 1.82) is 0 Å². The number of aromatic nitrogens is 3.